The highest BCUT2D eigenvalue weighted by Gasteiger charge is 2.64. The fourth-order valence-electron chi connectivity index (χ4n) is 9.90. The number of halogens is 2. The molecule has 2 fully saturated rings. The first kappa shape index (κ1) is 47.1. The smallest absolute Gasteiger partial charge is 0.254 e. The zero-order chi connectivity index (χ0) is 46.9. The molecule has 0 radical (unpaired) electrons. The summed E-state index contributed by atoms with van der Waals surface area (Å²) in [6, 6.07) is 14.1. The molecule has 1 saturated heterocycles. The SMILES string of the molecule is Cc1sc2c(c1C)C(c1ccc(Cl)cc1)=N[C@@H](CC(=O)NCCCCCOC1CCN(c3ncc(C(=O)NC4C(C)(C)C(Oc5ccc(C#N)c(Cl)c5)C4(C)C)cn3)CC1)c1nnc(C)n1-2. The number of hydrogen-bond donors (Lipinski definition) is 2. The summed E-state index contributed by atoms with van der Waals surface area (Å²) in [6.45, 7) is 17.2. The molecule has 2 aliphatic heterocycles. The number of anilines is 1. The van der Waals surface area contributed by atoms with Crippen LogP contribution in [0.2, 0.25) is 10.0 Å². The molecule has 346 valence electrons. The number of carbonyl (C=O) groups excluding carboxylic acids is 2. The lowest BCUT2D eigenvalue weighted by atomic mass is 9.49. The van der Waals surface area contributed by atoms with Crippen LogP contribution in [0.4, 0.5) is 5.95 Å². The van der Waals surface area contributed by atoms with Crippen molar-refractivity contribution in [3.8, 4) is 16.8 Å². The number of aliphatic imine (C=N–C) groups is 1. The molecular weight excluding hydrogens is 896 g/mol. The number of thiophene rings is 1. The first-order valence-electron chi connectivity index (χ1n) is 22.6. The number of aryl methyl sites for hydroxylation is 2. The fraction of sp³-hybridized carbons (Fsp3) is 0.469. The van der Waals surface area contributed by atoms with Crippen molar-refractivity contribution >= 4 is 58.0 Å². The van der Waals surface area contributed by atoms with Crippen LogP contribution in [0.25, 0.3) is 5.00 Å². The minimum atomic E-state index is -0.508. The van der Waals surface area contributed by atoms with E-state index in [4.69, 9.17) is 37.7 Å². The van der Waals surface area contributed by atoms with E-state index in [1.54, 1.807) is 41.9 Å². The normalized spacial score (nSPS) is 19.7. The maximum atomic E-state index is 13.4. The largest absolute Gasteiger partial charge is 0.489 e. The maximum absolute atomic E-state index is 13.4. The number of nitrogens with zero attached hydrogens (tertiary/aromatic N) is 8. The van der Waals surface area contributed by atoms with E-state index in [-0.39, 0.29) is 47.3 Å². The van der Waals surface area contributed by atoms with Crippen molar-refractivity contribution in [3.05, 3.63) is 109 Å². The van der Waals surface area contributed by atoms with Gasteiger partial charge in [0.25, 0.3) is 5.91 Å². The van der Waals surface area contributed by atoms with E-state index in [1.807, 2.05) is 31.2 Å². The predicted octanol–water partition coefficient (Wildman–Crippen LogP) is 9.09. The molecule has 2 N–H and O–H groups in total. The topological polar surface area (TPSA) is 173 Å². The van der Waals surface area contributed by atoms with Gasteiger partial charge in [0.1, 0.15) is 34.8 Å². The lowest BCUT2D eigenvalue weighted by Gasteiger charge is -2.63. The number of carbonyl (C=O) groups is 2. The van der Waals surface area contributed by atoms with E-state index >= 15 is 0 Å². The molecular formula is C49H56Cl2N10O4S. The zero-order valence-electron chi connectivity index (χ0n) is 38.5. The molecule has 5 aromatic rings. The summed E-state index contributed by atoms with van der Waals surface area (Å²) in [5, 5.41) is 26.5. The molecule has 1 atom stereocenters. The minimum Gasteiger partial charge on any atom is -0.489 e. The van der Waals surface area contributed by atoms with E-state index in [0.29, 0.717) is 51.8 Å². The molecule has 0 spiro atoms. The number of unbranched alkanes of at least 4 members (excludes halogenated alkanes) is 2. The van der Waals surface area contributed by atoms with Crippen LogP contribution in [-0.2, 0) is 9.53 Å². The summed E-state index contributed by atoms with van der Waals surface area (Å²) in [7, 11) is 0. The molecule has 17 heteroatoms. The summed E-state index contributed by atoms with van der Waals surface area (Å²) in [4.78, 5) is 44.5. The van der Waals surface area contributed by atoms with Gasteiger partial charge < -0.3 is 25.0 Å². The van der Waals surface area contributed by atoms with Crippen LogP contribution in [0.3, 0.4) is 0 Å². The van der Waals surface area contributed by atoms with Gasteiger partial charge in [0.2, 0.25) is 11.9 Å². The average Bonchev–Trinajstić information content (AvgIpc) is 3.78. The Bertz CT molecular complexity index is 2650. The van der Waals surface area contributed by atoms with E-state index < -0.39 is 6.04 Å². The first-order valence-corrected chi connectivity index (χ1v) is 24.1. The Hall–Kier alpha value is -5.40. The number of hydrogen-bond acceptors (Lipinski definition) is 12. The van der Waals surface area contributed by atoms with E-state index in [2.05, 4.69) is 87.9 Å². The lowest BCUT2D eigenvalue weighted by Crippen LogP contribution is -2.74. The predicted molar refractivity (Wildman–Crippen MR) is 257 cm³/mol. The van der Waals surface area contributed by atoms with Gasteiger partial charge in [-0.25, -0.2) is 9.97 Å². The molecule has 14 nitrogen and oxygen atoms in total. The Morgan fingerprint density at radius 3 is 2.35 bits per heavy atom. The number of aromatic nitrogens is 5. The molecule has 2 aromatic carbocycles. The van der Waals surface area contributed by atoms with Crippen LogP contribution in [0.15, 0.2) is 59.9 Å². The van der Waals surface area contributed by atoms with Crippen molar-refractivity contribution in [1.29, 1.82) is 5.26 Å². The number of amides is 2. The van der Waals surface area contributed by atoms with Crippen LogP contribution in [-0.4, -0.2) is 86.7 Å². The van der Waals surface area contributed by atoms with Crippen LogP contribution in [0, 0.1) is 42.9 Å². The second-order valence-corrected chi connectivity index (χ2v) is 20.7. The van der Waals surface area contributed by atoms with E-state index in [1.165, 1.54) is 4.88 Å². The molecule has 8 rings (SSSR count). The standard InChI is InChI=1S/C49H56Cl2N10O4S/c1-28-29(2)66-44-40(28)41(31-11-14-34(50)15-12-31)56-38(42-59-58-30(3)61(42)44)24-39(62)53-19-9-8-10-22-64-35-17-20-60(21-18-35)47-54-26-33(27-55-47)43(63)57-45-48(4,5)46(49(45,6)7)65-36-16-13-32(25-52)37(51)23-36/h11-16,23,26-27,35,38,45-46H,8-10,17-22,24H2,1-7H3,(H,53,62)(H,57,63)/t38-,45?,46?/m0/s1. The first-order chi connectivity index (χ1) is 31.6. The number of nitriles is 1. The molecule has 1 aliphatic carbocycles. The molecule has 0 unspecified atom stereocenters. The maximum Gasteiger partial charge on any atom is 0.254 e. The third kappa shape index (κ3) is 9.56. The molecule has 0 bridgehead atoms. The van der Waals surface area contributed by atoms with Crippen molar-refractivity contribution in [2.24, 2.45) is 15.8 Å². The Morgan fingerprint density at radius 1 is 0.955 bits per heavy atom. The summed E-state index contributed by atoms with van der Waals surface area (Å²) in [5.41, 5.74) is 3.97. The Kier molecular flexibility index (Phi) is 13.9. The Morgan fingerprint density at radius 2 is 1.67 bits per heavy atom. The van der Waals surface area contributed by atoms with Gasteiger partial charge in [-0.2, -0.15) is 5.26 Å². The van der Waals surface area contributed by atoms with Gasteiger partial charge in [0.15, 0.2) is 5.82 Å². The second-order valence-electron chi connectivity index (χ2n) is 18.6. The molecule has 3 aliphatic rings. The zero-order valence-corrected chi connectivity index (χ0v) is 40.8. The highest BCUT2D eigenvalue weighted by Crippen LogP contribution is 2.55. The van der Waals surface area contributed by atoms with Crippen molar-refractivity contribution in [2.45, 2.75) is 111 Å². The van der Waals surface area contributed by atoms with E-state index in [9.17, 15) is 14.9 Å². The summed E-state index contributed by atoms with van der Waals surface area (Å²) >= 11 is 14.2. The van der Waals surface area contributed by atoms with Crippen LogP contribution in [0.1, 0.15) is 121 Å². The van der Waals surface area contributed by atoms with E-state index in [0.717, 1.165) is 78.4 Å². The Labute approximate surface area is 400 Å². The summed E-state index contributed by atoms with van der Waals surface area (Å²) in [5.74, 6) is 2.28. The summed E-state index contributed by atoms with van der Waals surface area (Å²) < 4.78 is 14.7. The van der Waals surface area contributed by atoms with Gasteiger partial charge in [-0.1, -0.05) is 63.0 Å². The monoisotopic (exact) mass is 950 g/mol. The number of nitrogens with one attached hydrogen (secondary N) is 2. The summed E-state index contributed by atoms with van der Waals surface area (Å²) in [6.07, 6.45) is 7.67. The van der Waals surface area contributed by atoms with Crippen molar-refractivity contribution in [1.82, 2.24) is 35.4 Å². The van der Waals surface area contributed by atoms with Gasteiger partial charge in [-0.15, -0.1) is 21.5 Å². The quantitative estimate of drug-likeness (QED) is 0.0965. The Balaban J connectivity index is 0.749. The van der Waals surface area contributed by atoms with Gasteiger partial charge in [0, 0.05) is 82.6 Å². The van der Waals surface area contributed by atoms with Gasteiger partial charge >= 0.3 is 0 Å². The number of benzene rings is 2. The lowest BCUT2D eigenvalue weighted by molar-refractivity contribution is -0.164. The van der Waals surface area contributed by atoms with Gasteiger partial charge in [-0.3, -0.25) is 19.1 Å². The van der Waals surface area contributed by atoms with Gasteiger partial charge in [-0.05, 0) is 82.7 Å². The molecule has 1 saturated carbocycles. The highest BCUT2D eigenvalue weighted by molar-refractivity contribution is 7.15. The third-order valence-electron chi connectivity index (χ3n) is 13.3. The van der Waals surface area contributed by atoms with Gasteiger partial charge in [0.05, 0.1) is 34.4 Å². The van der Waals surface area contributed by atoms with Crippen LogP contribution < -0.4 is 20.3 Å². The van der Waals surface area contributed by atoms with Crippen LogP contribution in [0.5, 0.6) is 5.75 Å². The number of rotatable bonds is 15. The van der Waals surface area contributed by atoms with Crippen molar-refractivity contribution < 1.29 is 19.1 Å². The number of fused-ring (bicyclic) bond motifs is 3. The molecule has 2 amide bonds. The number of ether oxygens (including phenoxy) is 2. The minimum absolute atomic E-state index is 0.0791. The van der Waals surface area contributed by atoms with Crippen molar-refractivity contribution in [2.75, 3.05) is 31.1 Å². The third-order valence-corrected chi connectivity index (χ3v) is 15.0. The van der Waals surface area contributed by atoms with Crippen LogP contribution >= 0.6 is 34.5 Å². The average molecular weight is 952 g/mol. The number of piperidine rings is 1. The molecule has 3 aromatic heterocycles. The fourth-order valence-corrected chi connectivity index (χ4v) is 11.4. The highest BCUT2D eigenvalue weighted by atomic mass is 35.5. The molecule has 5 heterocycles. The van der Waals surface area contributed by atoms with Crippen molar-refractivity contribution in [3.63, 3.8) is 0 Å². The second kappa shape index (κ2) is 19.4. The molecule has 66 heavy (non-hydrogen) atoms.